The van der Waals surface area contributed by atoms with Gasteiger partial charge in [-0.15, -0.1) is 0 Å². The molecule has 3 heteroatoms. The topological polar surface area (TPSA) is 28.4 Å². The number of nitrogens with zero attached hydrogens (tertiary/aromatic N) is 1. The molecular weight excluding hydrogens is 248 g/mol. The Hall–Kier alpha value is -1.58. The molecule has 0 bridgehead atoms. The molecule has 1 aromatic heterocycles. The molecule has 0 radical (unpaired) electrons. The summed E-state index contributed by atoms with van der Waals surface area (Å²) in [5.74, 6) is 0.985. The summed E-state index contributed by atoms with van der Waals surface area (Å²) >= 11 is 0. The summed E-state index contributed by atoms with van der Waals surface area (Å²) in [4.78, 5) is 2.36. The van der Waals surface area contributed by atoms with Gasteiger partial charge in [-0.3, -0.25) is 4.90 Å². The van der Waals surface area contributed by atoms with Crippen LogP contribution in [0.3, 0.4) is 0 Å². The maximum absolute atomic E-state index is 5.31. The first-order valence-electron chi connectivity index (χ1n) is 7.14. The highest BCUT2D eigenvalue weighted by Crippen LogP contribution is 2.08. The standard InChI is InChI=1S/C17H24N2O/c1-14-6-4-7-16(10-14)13-19(3)15(2)11-18-12-17-8-5-9-20-17/h4-10,15,18H,11-13H2,1-3H3. The lowest BCUT2D eigenvalue weighted by Crippen LogP contribution is -2.37. The summed E-state index contributed by atoms with van der Waals surface area (Å²) in [5.41, 5.74) is 2.69. The Balaban J connectivity index is 1.75. The van der Waals surface area contributed by atoms with Crippen LogP contribution < -0.4 is 5.32 Å². The van der Waals surface area contributed by atoms with E-state index in [0.29, 0.717) is 6.04 Å². The van der Waals surface area contributed by atoms with Gasteiger partial charge in [0.1, 0.15) is 5.76 Å². The van der Waals surface area contributed by atoms with Crippen LogP contribution >= 0.6 is 0 Å². The number of nitrogens with one attached hydrogen (secondary N) is 1. The number of likely N-dealkylation sites (N-methyl/N-ethyl adjacent to an activating group) is 1. The van der Waals surface area contributed by atoms with Crippen molar-refractivity contribution >= 4 is 0 Å². The summed E-state index contributed by atoms with van der Waals surface area (Å²) in [6.07, 6.45) is 1.71. The number of rotatable bonds is 7. The lowest BCUT2D eigenvalue weighted by Gasteiger charge is -2.25. The first-order valence-corrected chi connectivity index (χ1v) is 7.14. The second kappa shape index (κ2) is 7.27. The van der Waals surface area contributed by atoms with E-state index in [1.165, 1.54) is 11.1 Å². The van der Waals surface area contributed by atoms with Crippen LogP contribution in [-0.4, -0.2) is 24.5 Å². The average Bonchev–Trinajstić information content (AvgIpc) is 2.91. The van der Waals surface area contributed by atoms with Crippen molar-refractivity contribution in [2.75, 3.05) is 13.6 Å². The second-order valence-corrected chi connectivity index (χ2v) is 5.46. The molecule has 0 aliphatic rings. The molecule has 1 N–H and O–H groups in total. The number of hydrogen-bond acceptors (Lipinski definition) is 3. The molecule has 1 unspecified atom stereocenters. The summed E-state index contributed by atoms with van der Waals surface area (Å²) in [7, 11) is 2.17. The fourth-order valence-corrected chi connectivity index (χ4v) is 2.23. The highest BCUT2D eigenvalue weighted by molar-refractivity contribution is 5.22. The fraction of sp³-hybridized carbons (Fsp3) is 0.412. The molecule has 0 aliphatic carbocycles. The van der Waals surface area contributed by atoms with Crippen molar-refractivity contribution in [3.63, 3.8) is 0 Å². The molecule has 1 aromatic carbocycles. The Morgan fingerprint density at radius 3 is 2.80 bits per heavy atom. The zero-order chi connectivity index (χ0) is 14.4. The smallest absolute Gasteiger partial charge is 0.117 e. The lowest BCUT2D eigenvalue weighted by molar-refractivity contribution is 0.241. The maximum Gasteiger partial charge on any atom is 0.117 e. The normalized spacial score (nSPS) is 12.8. The molecule has 20 heavy (non-hydrogen) atoms. The third kappa shape index (κ3) is 4.51. The van der Waals surface area contributed by atoms with Crippen LogP contribution in [0.4, 0.5) is 0 Å². The van der Waals surface area contributed by atoms with E-state index in [4.69, 9.17) is 4.42 Å². The van der Waals surface area contributed by atoms with Crippen molar-refractivity contribution < 1.29 is 4.42 Å². The lowest BCUT2D eigenvalue weighted by atomic mass is 10.1. The van der Waals surface area contributed by atoms with Gasteiger partial charge in [-0.1, -0.05) is 29.8 Å². The van der Waals surface area contributed by atoms with Crippen LogP contribution in [0, 0.1) is 6.92 Å². The number of hydrogen-bond donors (Lipinski definition) is 1. The van der Waals surface area contributed by atoms with Gasteiger partial charge < -0.3 is 9.73 Å². The van der Waals surface area contributed by atoms with Crippen LogP contribution in [0.5, 0.6) is 0 Å². The molecule has 0 aliphatic heterocycles. The number of furan rings is 1. The molecule has 0 saturated heterocycles. The number of benzene rings is 1. The zero-order valence-corrected chi connectivity index (χ0v) is 12.6. The Labute approximate surface area is 121 Å². The van der Waals surface area contributed by atoms with Gasteiger partial charge in [-0.2, -0.15) is 0 Å². The van der Waals surface area contributed by atoms with E-state index >= 15 is 0 Å². The highest BCUT2D eigenvalue weighted by Gasteiger charge is 2.09. The highest BCUT2D eigenvalue weighted by atomic mass is 16.3. The monoisotopic (exact) mass is 272 g/mol. The summed E-state index contributed by atoms with van der Waals surface area (Å²) in [6.45, 7) is 7.09. The fourth-order valence-electron chi connectivity index (χ4n) is 2.23. The van der Waals surface area contributed by atoms with Crippen molar-refractivity contribution in [2.45, 2.75) is 33.0 Å². The van der Waals surface area contributed by atoms with E-state index in [9.17, 15) is 0 Å². The van der Waals surface area contributed by atoms with E-state index in [-0.39, 0.29) is 0 Å². The minimum absolute atomic E-state index is 0.477. The van der Waals surface area contributed by atoms with Crippen molar-refractivity contribution in [2.24, 2.45) is 0 Å². The minimum Gasteiger partial charge on any atom is -0.468 e. The van der Waals surface area contributed by atoms with E-state index < -0.39 is 0 Å². The SMILES string of the molecule is Cc1cccc(CN(C)C(C)CNCc2ccco2)c1. The third-order valence-corrected chi connectivity index (χ3v) is 3.59. The Kier molecular flexibility index (Phi) is 5.39. The Morgan fingerprint density at radius 1 is 1.25 bits per heavy atom. The van der Waals surface area contributed by atoms with Crippen molar-refractivity contribution in [3.05, 3.63) is 59.5 Å². The molecule has 0 fully saturated rings. The summed E-state index contributed by atoms with van der Waals surface area (Å²) in [5, 5.41) is 3.43. The molecule has 1 heterocycles. The van der Waals surface area contributed by atoms with Crippen LogP contribution in [0.1, 0.15) is 23.8 Å². The van der Waals surface area contributed by atoms with Gasteiger partial charge in [0.25, 0.3) is 0 Å². The Bertz CT molecular complexity index is 507. The largest absolute Gasteiger partial charge is 0.468 e. The van der Waals surface area contributed by atoms with Crippen LogP contribution in [0.15, 0.2) is 47.1 Å². The predicted molar refractivity (Wildman–Crippen MR) is 82.5 cm³/mol. The first-order chi connectivity index (χ1) is 9.65. The molecule has 2 rings (SSSR count). The zero-order valence-electron chi connectivity index (χ0n) is 12.6. The molecule has 0 spiro atoms. The van der Waals surface area contributed by atoms with E-state index in [1.54, 1.807) is 6.26 Å². The maximum atomic E-state index is 5.31. The molecule has 108 valence electrons. The predicted octanol–water partition coefficient (Wildman–Crippen LogP) is 3.20. The van der Waals surface area contributed by atoms with E-state index in [1.807, 2.05) is 12.1 Å². The third-order valence-electron chi connectivity index (χ3n) is 3.59. The van der Waals surface area contributed by atoms with Crippen molar-refractivity contribution in [1.29, 1.82) is 0 Å². The van der Waals surface area contributed by atoms with Crippen LogP contribution in [-0.2, 0) is 13.1 Å². The molecular formula is C17H24N2O. The van der Waals surface area contributed by atoms with E-state index in [2.05, 4.69) is 55.4 Å². The van der Waals surface area contributed by atoms with Crippen molar-refractivity contribution in [1.82, 2.24) is 10.2 Å². The van der Waals surface area contributed by atoms with Gasteiger partial charge in [0, 0.05) is 19.1 Å². The number of aryl methyl sites for hydroxylation is 1. The molecule has 0 saturated carbocycles. The van der Waals surface area contributed by atoms with Gasteiger partial charge >= 0.3 is 0 Å². The molecule has 2 aromatic rings. The van der Waals surface area contributed by atoms with Crippen LogP contribution in [0.25, 0.3) is 0 Å². The van der Waals surface area contributed by atoms with Crippen LogP contribution in [0.2, 0.25) is 0 Å². The minimum atomic E-state index is 0.477. The molecule has 3 nitrogen and oxygen atoms in total. The Morgan fingerprint density at radius 2 is 2.10 bits per heavy atom. The van der Waals surface area contributed by atoms with Gasteiger partial charge in [-0.25, -0.2) is 0 Å². The van der Waals surface area contributed by atoms with Crippen molar-refractivity contribution in [3.8, 4) is 0 Å². The quantitative estimate of drug-likeness (QED) is 0.839. The summed E-state index contributed by atoms with van der Waals surface area (Å²) < 4.78 is 5.31. The van der Waals surface area contributed by atoms with Gasteiger partial charge in [0.05, 0.1) is 12.8 Å². The molecule has 1 atom stereocenters. The van der Waals surface area contributed by atoms with Gasteiger partial charge in [-0.05, 0) is 38.6 Å². The van der Waals surface area contributed by atoms with Gasteiger partial charge in [0.15, 0.2) is 0 Å². The van der Waals surface area contributed by atoms with Gasteiger partial charge in [0.2, 0.25) is 0 Å². The molecule has 0 amide bonds. The van der Waals surface area contributed by atoms with E-state index in [0.717, 1.165) is 25.4 Å². The summed E-state index contributed by atoms with van der Waals surface area (Å²) in [6, 6.07) is 13.1. The average molecular weight is 272 g/mol. The second-order valence-electron chi connectivity index (χ2n) is 5.46. The first kappa shape index (κ1) is 14.8.